The summed E-state index contributed by atoms with van der Waals surface area (Å²) in [6.45, 7) is 3.56. The molecular formula is C11H7F4N3. The summed E-state index contributed by atoms with van der Waals surface area (Å²) < 4.78 is 51.8. The molecule has 0 unspecified atom stereocenters. The lowest BCUT2D eigenvalue weighted by Crippen LogP contribution is -2.07. The first-order chi connectivity index (χ1) is 8.39. The highest BCUT2D eigenvalue weighted by molar-refractivity contribution is 5.63. The molecule has 0 aliphatic heterocycles. The third-order valence-corrected chi connectivity index (χ3v) is 2.30. The van der Waals surface area contributed by atoms with E-state index in [4.69, 9.17) is 0 Å². The van der Waals surface area contributed by atoms with Crippen LogP contribution in [0.5, 0.6) is 0 Å². The fourth-order valence-electron chi connectivity index (χ4n) is 1.40. The van der Waals surface area contributed by atoms with Crippen molar-refractivity contribution in [2.75, 3.05) is 0 Å². The van der Waals surface area contributed by atoms with Gasteiger partial charge in [0.2, 0.25) is 0 Å². The molecule has 2 aromatic rings. The van der Waals surface area contributed by atoms with Gasteiger partial charge in [0.05, 0.1) is 11.3 Å². The van der Waals surface area contributed by atoms with Crippen molar-refractivity contribution in [1.29, 1.82) is 0 Å². The van der Waals surface area contributed by atoms with Gasteiger partial charge in [0, 0.05) is 5.56 Å². The number of benzene rings is 1. The van der Waals surface area contributed by atoms with Gasteiger partial charge in [-0.15, -0.1) is 0 Å². The van der Waals surface area contributed by atoms with Gasteiger partial charge in [-0.2, -0.15) is 18.3 Å². The first-order valence-electron chi connectivity index (χ1n) is 4.80. The number of halogens is 4. The van der Waals surface area contributed by atoms with Crippen molar-refractivity contribution in [3.63, 3.8) is 0 Å². The zero-order chi connectivity index (χ0) is 13.3. The van der Waals surface area contributed by atoms with Crippen molar-refractivity contribution in [3.8, 4) is 0 Å². The Balaban J connectivity index is 2.40. The van der Waals surface area contributed by atoms with E-state index in [1.807, 2.05) is 0 Å². The second kappa shape index (κ2) is 4.25. The second-order valence-corrected chi connectivity index (χ2v) is 3.48. The summed E-state index contributed by atoms with van der Waals surface area (Å²) in [6, 6.07) is 2.24. The van der Waals surface area contributed by atoms with E-state index in [1.54, 1.807) is 0 Å². The SMILES string of the molecule is C=C(c1ccc(C(F)(F)F)cc1F)n1cncn1. The third kappa shape index (κ3) is 2.24. The van der Waals surface area contributed by atoms with Crippen LogP contribution >= 0.6 is 0 Å². The predicted octanol–water partition coefficient (Wildman–Crippen LogP) is 2.96. The molecule has 18 heavy (non-hydrogen) atoms. The van der Waals surface area contributed by atoms with Crippen molar-refractivity contribution in [2.24, 2.45) is 0 Å². The molecule has 1 heterocycles. The Hall–Kier alpha value is -2.18. The molecule has 1 aromatic carbocycles. The van der Waals surface area contributed by atoms with E-state index in [9.17, 15) is 17.6 Å². The lowest BCUT2D eigenvalue weighted by molar-refractivity contribution is -0.137. The number of hydrogen-bond donors (Lipinski definition) is 0. The van der Waals surface area contributed by atoms with Gasteiger partial charge in [0.15, 0.2) is 0 Å². The van der Waals surface area contributed by atoms with Gasteiger partial charge in [-0.05, 0) is 18.2 Å². The first-order valence-corrected chi connectivity index (χ1v) is 4.80. The minimum atomic E-state index is -4.58. The van der Waals surface area contributed by atoms with E-state index in [0.717, 1.165) is 12.1 Å². The fourth-order valence-corrected chi connectivity index (χ4v) is 1.40. The molecule has 0 N–H and O–H groups in total. The zero-order valence-corrected chi connectivity index (χ0v) is 8.95. The van der Waals surface area contributed by atoms with Crippen LogP contribution in [0.1, 0.15) is 11.1 Å². The summed E-state index contributed by atoms with van der Waals surface area (Å²) in [5.41, 5.74) is -0.998. The molecule has 2 rings (SSSR count). The summed E-state index contributed by atoms with van der Waals surface area (Å²) in [4.78, 5) is 3.64. The Labute approximate surface area is 99.4 Å². The van der Waals surface area contributed by atoms with E-state index in [-0.39, 0.29) is 11.3 Å². The Morgan fingerprint density at radius 1 is 1.28 bits per heavy atom. The van der Waals surface area contributed by atoms with Gasteiger partial charge in [0.1, 0.15) is 18.5 Å². The first kappa shape index (κ1) is 12.3. The molecule has 0 atom stereocenters. The monoisotopic (exact) mass is 257 g/mol. The van der Waals surface area contributed by atoms with E-state index < -0.39 is 17.6 Å². The summed E-state index contributed by atoms with van der Waals surface area (Å²) in [6.07, 6.45) is -2.08. The Kier molecular flexibility index (Phi) is 2.90. The minimum absolute atomic E-state index is 0.0616. The van der Waals surface area contributed by atoms with Gasteiger partial charge in [-0.25, -0.2) is 14.1 Å². The average molecular weight is 257 g/mol. The second-order valence-electron chi connectivity index (χ2n) is 3.48. The molecule has 0 radical (unpaired) electrons. The molecule has 0 fully saturated rings. The van der Waals surface area contributed by atoms with Crippen molar-refractivity contribution >= 4 is 5.70 Å². The summed E-state index contributed by atoms with van der Waals surface area (Å²) in [7, 11) is 0. The van der Waals surface area contributed by atoms with Crippen molar-refractivity contribution in [1.82, 2.24) is 14.8 Å². The van der Waals surface area contributed by atoms with Crippen LogP contribution in [-0.4, -0.2) is 14.8 Å². The highest BCUT2D eigenvalue weighted by atomic mass is 19.4. The van der Waals surface area contributed by atoms with Crippen LogP contribution in [0.2, 0.25) is 0 Å². The molecular weight excluding hydrogens is 250 g/mol. The molecule has 0 amide bonds. The number of alkyl halides is 3. The van der Waals surface area contributed by atoms with E-state index in [2.05, 4.69) is 16.7 Å². The molecule has 94 valence electrons. The van der Waals surface area contributed by atoms with Crippen LogP contribution in [-0.2, 0) is 6.18 Å². The van der Waals surface area contributed by atoms with Gasteiger partial charge >= 0.3 is 6.18 Å². The maximum Gasteiger partial charge on any atom is 0.416 e. The predicted molar refractivity (Wildman–Crippen MR) is 55.9 cm³/mol. The maximum atomic E-state index is 13.6. The van der Waals surface area contributed by atoms with Gasteiger partial charge in [-0.3, -0.25) is 0 Å². The minimum Gasteiger partial charge on any atom is -0.223 e. The topological polar surface area (TPSA) is 30.7 Å². The van der Waals surface area contributed by atoms with Gasteiger partial charge in [0.25, 0.3) is 0 Å². The van der Waals surface area contributed by atoms with Crippen LogP contribution < -0.4 is 0 Å². The van der Waals surface area contributed by atoms with Crippen molar-refractivity contribution < 1.29 is 17.6 Å². The number of hydrogen-bond acceptors (Lipinski definition) is 2. The van der Waals surface area contributed by atoms with E-state index in [0.29, 0.717) is 6.07 Å². The Morgan fingerprint density at radius 3 is 2.50 bits per heavy atom. The van der Waals surface area contributed by atoms with Crippen molar-refractivity contribution in [2.45, 2.75) is 6.18 Å². The van der Waals surface area contributed by atoms with Crippen LogP contribution in [0, 0.1) is 5.82 Å². The summed E-state index contributed by atoms with van der Waals surface area (Å²) >= 11 is 0. The standard InChI is InChI=1S/C11H7F4N3/c1-7(18-6-16-5-17-18)9-3-2-8(4-10(9)12)11(13,14)15/h2-6H,1H2. The molecule has 0 bridgehead atoms. The zero-order valence-electron chi connectivity index (χ0n) is 8.95. The van der Waals surface area contributed by atoms with Gasteiger partial charge in [-0.1, -0.05) is 6.58 Å². The molecule has 1 aromatic heterocycles. The fraction of sp³-hybridized carbons (Fsp3) is 0.0909. The average Bonchev–Trinajstić information content (AvgIpc) is 2.80. The highest BCUT2D eigenvalue weighted by Gasteiger charge is 2.31. The normalized spacial score (nSPS) is 11.6. The smallest absolute Gasteiger partial charge is 0.223 e. The molecule has 0 aliphatic carbocycles. The maximum absolute atomic E-state index is 13.6. The highest BCUT2D eigenvalue weighted by Crippen LogP contribution is 2.31. The lowest BCUT2D eigenvalue weighted by Gasteiger charge is -2.10. The molecule has 0 aliphatic rings. The van der Waals surface area contributed by atoms with Crippen LogP contribution in [0.3, 0.4) is 0 Å². The third-order valence-electron chi connectivity index (χ3n) is 2.30. The van der Waals surface area contributed by atoms with E-state index in [1.165, 1.54) is 17.3 Å². The molecule has 7 heteroatoms. The Bertz CT molecular complexity index is 572. The van der Waals surface area contributed by atoms with Crippen LogP contribution in [0.15, 0.2) is 37.4 Å². The van der Waals surface area contributed by atoms with Crippen LogP contribution in [0.25, 0.3) is 5.70 Å². The number of aromatic nitrogens is 3. The van der Waals surface area contributed by atoms with Crippen molar-refractivity contribution in [3.05, 3.63) is 54.4 Å². The Morgan fingerprint density at radius 2 is 2.00 bits per heavy atom. The van der Waals surface area contributed by atoms with E-state index >= 15 is 0 Å². The lowest BCUT2D eigenvalue weighted by atomic mass is 10.1. The largest absolute Gasteiger partial charge is 0.416 e. The number of nitrogens with zero attached hydrogens (tertiary/aromatic N) is 3. The quantitative estimate of drug-likeness (QED) is 0.774. The molecule has 0 saturated carbocycles. The molecule has 3 nitrogen and oxygen atoms in total. The molecule has 0 spiro atoms. The summed E-state index contributed by atoms with van der Waals surface area (Å²) in [5, 5.41) is 3.72. The number of rotatable bonds is 2. The molecule has 0 saturated heterocycles. The summed E-state index contributed by atoms with van der Waals surface area (Å²) in [5.74, 6) is -1.01. The van der Waals surface area contributed by atoms with Crippen LogP contribution in [0.4, 0.5) is 17.6 Å². The van der Waals surface area contributed by atoms with Gasteiger partial charge < -0.3 is 0 Å².